The molecule has 1 fully saturated rings. The highest BCUT2D eigenvalue weighted by molar-refractivity contribution is 5.95. The van der Waals surface area contributed by atoms with Gasteiger partial charge in [0.15, 0.2) is 0 Å². The number of alkyl carbamates (subject to hydrolysis) is 1. The van der Waals surface area contributed by atoms with Gasteiger partial charge in [0.1, 0.15) is 5.60 Å². The maximum atomic E-state index is 12.7. The molecular formula is C18H29N3O3. The van der Waals surface area contributed by atoms with Gasteiger partial charge in [0.05, 0.1) is 5.56 Å². The Morgan fingerprint density at radius 1 is 1.38 bits per heavy atom. The van der Waals surface area contributed by atoms with Gasteiger partial charge < -0.3 is 19.9 Å². The molecule has 1 aromatic rings. The Labute approximate surface area is 143 Å². The zero-order valence-electron chi connectivity index (χ0n) is 15.3. The number of aryl methyl sites for hydroxylation is 1. The van der Waals surface area contributed by atoms with Gasteiger partial charge in [-0.15, -0.1) is 0 Å². The van der Waals surface area contributed by atoms with Crippen molar-refractivity contribution in [3.05, 3.63) is 23.5 Å². The highest BCUT2D eigenvalue weighted by atomic mass is 16.6. The van der Waals surface area contributed by atoms with Crippen molar-refractivity contribution in [2.24, 2.45) is 11.8 Å². The fraction of sp³-hybridized carbons (Fsp3) is 0.667. The van der Waals surface area contributed by atoms with Gasteiger partial charge in [0.25, 0.3) is 5.91 Å². The van der Waals surface area contributed by atoms with Crippen LogP contribution in [0.15, 0.2) is 12.4 Å². The van der Waals surface area contributed by atoms with Gasteiger partial charge in [0.2, 0.25) is 0 Å². The topological polar surface area (TPSA) is 74.4 Å². The molecule has 134 valence electrons. The maximum Gasteiger partial charge on any atom is 0.407 e. The smallest absolute Gasteiger partial charge is 0.407 e. The fourth-order valence-electron chi connectivity index (χ4n) is 2.97. The molecule has 24 heavy (non-hydrogen) atoms. The van der Waals surface area contributed by atoms with Crippen LogP contribution in [0.25, 0.3) is 0 Å². The van der Waals surface area contributed by atoms with E-state index in [0.29, 0.717) is 19.0 Å². The number of H-pyrrole nitrogens is 1. The van der Waals surface area contributed by atoms with Gasteiger partial charge in [0, 0.05) is 32.0 Å². The molecule has 2 atom stereocenters. The summed E-state index contributed by atoms with van der Waals surface area (Å²) in [5, 5.41) is 2.84. The minimum Gasteiger partial charge on any atom is -0.444 e. The van der Waals surface area contributed by atoms with E-state index < -0.39 is 11.7 Å². The molecule has 0 radical (unpaired) electrons. The predicted molar refractivity (Wildman–Crippen MR) is 92.9 cm³/mol. The van der Waals surface area contributed by atoms with Crippen molar-refractivity contribution in [3.63, 3.8) is 0 Å². The van der Waals surface area contributed by atoms with Crippen LogP contribution in [0.5, 0.6) is 0 Å². The zero-order valence-corrected chi connectivity index (χ0v) is 15.3. The van der Waals surface area contributed by atoms with Crippen molar-refractivity contribution in [2.45, 2.75) is 46.6 Å². The summed E-state index contributed by atoms with van der Waals surface area (Å²) in [5.41, 5.74) is 1.18. The quantitative estimate of drug-likeness (QED) is 0.892. The minimum absolute atomic E-state index is 0.0583. The lowest BCUT2D eigenvalue weighted by Gasteiger charge is -2.37. The summed E-state index contributed by atoms with van der Waals surface area (Å²) in [6.07, 6.45) is 4.13. The number of aromatic nitrogens is 1. The predicted octanol–water partition coefficient (Wildman–Crippen LogP) is 2.95. The first-order chi connectivity index (χ1) is 11.2. The third-order valence-corrected chi connectivity index (χ3v) is 4.49. The monoisotopic (exact) mass is 335 g/mol. The largest absolute Gasteiger partial charge is 0.444 e. The molecule has 0 bridgehead atoms. The lowest BCUT2D eigenvalue weighted by Crippen LogP contribution is -2.47. The first-order valence-corrected chi connectivity index (χ1v) is 8.57. The van der Waals surface area contributed by atoms with Crippen LogP contribution in [0.2, 0.25) is 0 Å². The molecule has 2 heterocycles. The number of carbonyl (C=O) groups is 2. The Kier molecular flexibility index (Phi) is 5.57. The molecule has 2 rings (SSSR count). The van der Waals surface area contributed by atoms with Gasteiger partial charge in [-0.3, -0.25) is 4.79 Å². The molecule has 1 aliphatic heterocycles. The lowest BCUT2D eigenvalue weighted by atomic mass is 9.86. The van der Waals surface area contributed by atoms with E-state index in [1.807, 2.05) is 38.8 Å². The molecule has 0 aliphatic carbocycles. The molecular weight excluding hydrogens is 306 g/mol. The van der Waals surface area contributed by atoms with E-state index >= 15 is 0 Å². The lowest BCUT2D eigenvalue weighted by molar-refractivity contribution is 0.0477. The molecule has 2 unspecified atom stereocenters. The molecule has 1 aromatic heterocycles. The van der Waals surface area contributed by atoms with Crippen LogP contribution in [-0.2, 0) is 4.74 Å². The number of rotatable bonds is 3. The van der Waals surface area contributed by atoms with Crippen molar-refractivity contribution in [3.8, 4) is 0 Å². The average Bonchev–Trinajstić information content (AvgIpc) is 2.90. The first-order valence-electron chi connectivity index (χ1n) is 8.57. The summed E-state index contributed by atoms with van der Waals surface area (Å²) in [7, 11) is 0. The number of hydrogen-bond donors (Lipinski definition) is 2. The SMILES string of the molecule is Cc1c[nH]cc1C(=O)N1CCC(C)C(CNC(=O)OC(C)(C)C)C1. The summed E-state index contributed by atoms with van der Waals surface area (Å²) >= 11 is 0. The van der Waals surface area contributed by atoms with Gasteiger partial charge in [-0.2, -0.15) is 0 Å². The zero-order chi connectivity index (χ0) is 17.9. The minimum atomic E-state index is -0.504. The Bertz CT molecular complexity index is 589. The molecule has 2 amide bonds. The van der Waals surface area contributed by atoms with E-state index in [2.05, 4.69) is 17.2 Å². The Morgan fingerprint density at radius 2 is 2.08 bits per heavy atom. The summed E-state index contributed by atoms with van der Waals surface area (Å²) in [5.74, 6) is 0.744. The number of hydrogen-bond acceptors (Lipinski definition) is 3. The molecule has 1 aliphatic rings. The number of likely N-dealkylation sites (tertiary alicyclic amines) is 1. The average molecular weight is 335 g/mol. The summed E-state index contributed by atoms with van der Waals surface area (Å²) in [6, 6.07) is 0. The van der Waals surface area contributed by atoms with Crippen molar-refractivity contribution in [1.29, 1.82) is 0 Å². The number of nitrogens with one attached hydrogen (secondary N) is 2. The number of nitrogens with zero attached hydrogens (tertiary/aromatic N) is 1. The fourth-order valence-corrected chi connectivity index (χ4v) is 2.97. The van der Waals surface area contributed by atoms with Gasteiger partial charge >= 0.3 is 6.09 Å². The van der Waals surface area contributed by atoms with Gasteiger partial charge in [-0.05, 0) is 51.5 Å². The van der Waals surface area contributed by atoms with Crippen molar-refractivity contribution in [1.82, 2.24) is 15.2 Å². The Hall–Kier alpha value is -1.98. The molecule has 6 heteroatoms. The third kappa shape index (κ3) is 4.76. The van der Waals surface area contributed by atoms with E-state index in [1.54, 1.807) is 6.20 Å². The van der Waals surface area contributed by atoms with Crippen molar-refractivity contribution < 1.29 is 14.3 Å². The molecule has 0 spiro atoms. The second kappa shape index (κ2) is 7.28. The Balaban J connectivity index is 1.92. The molecule has 1 saturated heterocycles. The van der Waals surface area contributed by atoms with Crippen molar-refractivity contribution in [2.75, 3.05) is 19.6 Å². The van der Waals surface area contributed by atoms with Crippen molar-refractivity contribution >= 4 is 12.0 Å². The van der Waals surface area contributed by atoms with Crippen LogP contribution in [0.1, 0.15) is 50.0 Å². The standard InChI is InChI=1S/C18H29N3O3/c1-12-6-7-21(16(22)15-10-19-8-13(15)2)11-14(12)9-20-17(23)24-18(3,4)5/h8,10,12,14,19H,6-7,9,11H2,1-5H3,(H,20,23). The van der Waals surface area contributed by atoms with Crippen LogP contribution in [0, 0.1) is 18.8 Å². The molecule has 2 N–H and O–H groups in total. The number of ether oxygens (including phenoxy) is 1. The van der Waals surface area contributed by atoms with Crippen LogP contribution < -0.4 is 5.32 Å². The normalized spacial score (nSPS) is 21.5. The van der Waals surface area contributed by atoms with E-state index in [0.717, 1.165) is 24.1 Å². The molecule has 0 saturated carbocycles. The van der Waals surface area contributed by atoms with Crippen LogP contribution in [0.4, 0.5) is 4.79 Å². The van der Waals surface area contributed by atoms with Gasteiger partial charge in [-0.25, -0.2) is 4.79 Å². The number of aromatic amines is 1. The second-order valence-corrected chi connectivity index (χ2v) is 7.71. The second-order valence-electron chi connectivity index (χ2n) is 7.71. The number of carbonyl (C=O) groups excluding carboxylic acids is 2. The number of amides is 2. The van der Waals surface area contributed by atoms with E-state index in [1.165, 1.54) is 0 Å². The van der Waals surface area contributed by atoms with Gasteiger partial charge in [-0.1, -0.05) is 6.92 Å². The summed E-state index contributed by atoms with van der Waals surface area (Å²) in [4.78, 5) is 29.4. The molecule has 0 aromatic carbocycles. The highest BCUT2D eigenvalue weighted by Crippen LogP contribution is 2.24. The summed E-state index contributed by atoms with van der Waals surface area (Å²) in [6.45, 7) is 11.6. The molecule has 6 nitrogen and oxygen atoms in total. The summed E-state index contributed by atoms with van der Waals surface area (Å²) < 4.78 is 5.28. The van der Waals surface area contributed by atoms with Crippen LogP contribution in [0.3, 0.4) is 0 Å². The third-order valence-electron chi connectivity index (χ3n) is 4.49. The van der Waals surface area contributed by atoms with Crippen LogP contribution in [-0.4, -0.2) is 47.1 Å². The van der Waals surface area contributed by atoms with E-state index in [-0.39, 0.29) is 11.8 Å². The highest BCUT2D eigenvalue weighted by Gasteiger charge is 2.30. The first kappa shape index (κ1) is 18.4. The number of piperidine rings is 1. The maximum absolute atomic E-state index is 12.7. The van der Waals surface area contributed by atoms with E-state index in [9.17, 15) is 9.59 Å². The van der Waals surface area contributed by atoms with Crippen LogP contribution >= 0.6 is 0 Å². The Morgan fingerprint density at radius 3 is 2.67 bits per heavy atom. The van der Waals surface area contributed by atoms with E-state index in [4.69, 9.17) is 4.74 Å².